The fraction of sp³-hybridized carbons (Fsp3) is 0.360. The summed E-state index contributed by atoms with van der Waals surface area (Å²) in [5, 5.41) is 9.24. The van der Waals surface area contributed by atoms with Crippen LogP contribution in [0.1, 0.15) is 31.2 Å². The van der Waals surface area contributed by atoms with Crippen LogP contribution in [0.3, 0.4) is 0 Å². The quantitative estimate of drug-likeness (QED) is 0.473. The molecule has 1 saturated carbocycles. The van der Waals surface area contributed by atoms with Crippen LogP contribution in [-0.2, 0) is 16.1 Å². The highest BCUT2D eigenvalue weighted by atomic mass is 32.2. The lowest BCUT2D eigenvalue weighted by Gasteiger charge is -2.29. The van der Waals surface area contributed by atoms with Gasteiger partial charge in [-0.25, -0.2) is 9.37 Å². The molecule has 3 heterocycles. The second-order valence-electron chi connectivity index (χ2n) is 8.78. The van der Waals surface area contributed by atoms with Gasteiger partial charge in [0.2, 0.25) is 17.7 Å². The number of aromatic nitrogens is 2. The number of halogens is 1. The number of pyridine rings is 2. The second kappa shape index (κ2) is 10.2. The third-order valence-corrected chi connectivity index (χ3v) is 7.54. The molecular formula is C25H26FN5O3S. The minimum atomic E-state index is -0.275. The zero-order valence-corrected chi connectivity index (χ0v) is 20.1. The van der Waals surface area contributed by atoms with Crippen molar-refractivity contribution in [2.75, 3.05) is 23.5 Å². The molecule has 0 atom stereocenters. The van der Waals surface area contributed by atoms with E-state index in [1.807, 2.05) is 6.07 Å². The first kappa shape index (κ1) is 23.5. The summed E-state index contributed by atoms with van der Waals surface area (Å²) in [4.78, 5) is 34.1. The molecule has 2 aromatic heterocycles. The van der Waals surface area contributed by atoms with Gasteiger partial charge >= 0.3 is 0 Å². The molecule has 5 rings (SSSR count). The second-order valence-corrected chi connectivity index (χ2v) is 9.79. The van der Waals surface area contributed by atoms with Gasteiger partial charge in [-0.3, -0.25) is 14.6 Å². The fourth-order valence-electron chi connectivity index (χ4n) is 4.55. The van der Waals surface area contributed by atoms with E-state index in [0.29, 0.717) is 46.1 Å². The molecule has 0 unspecified atom stereocenters. The number of hydrogen-bond donors (Lipinski definition) is 3. The number of fused-ring (bicyclic) bond motifs is 2. The molecular weight excluding hydrogens is 469 g/mol. The first-order chi connectivity index (χ1) is 17.0. The zero-order valence-electron chi connectivity index (χ0n) is 19.3. The lowest BCUT2D eigenvalue weighted by atomic mass is 9.85. The van der Waals surface area contributed by atoms with Crippen LogP contribution in [0.4, 0.5) is 15.8 Å². The monoisotopic (exact) mass is 495 g/mol. The molecule has 0 bridgehead atoms. The number of methoxy groups -OCH3 is 1. The van der Waals surface area contributed by atoms with Crippen LogP contribution in [0.5, 0.6) is 5.88 Å². The Morgan fingerprint density at radius 3 is 2.86 bits per heavy atom. The molecule has 0 saturated heterocycles. The fourth-order valence-corrected chi connectivity index (χ4v) is 5.36. The minimum Gasteiger partial charge on any atom is -0.481 e. The highest BCUT2D eigenvalue weighted by molar-refractivity contribution is 8.00. The number of benzene rings is 1. The van der Waals surface area contributed by atoms with Gasteiger partial charge in [0.25, 0.3) is 0 Å². The average Bonchev–Trinajstić information content (AvgIpc) is 2.88. The summed E-state index contributed by atoms with van der Waals surface area (Å²) < 4.78 is 19.7. The molecule has 2 amide bonds. The predicted molar refractivity (Wildman–Crippen MR) is 133 cm³/mol. The van der Waals surface area contributed by atoms with Gasteiger partial charge in [0, 0.05) is 41.2 Å². The van der Waals surface area contributed by atoms with E-state index in [9.17, 15) is 14.0 Å². The van der Waals surface area contributed by atoms with Gasteiger partial charge in [-0.05, 0) is 49.9 Å². The molecule has 1 aliphatic heterocycles. The number of thioether (sulfide) groups is 1. The van der Waals surface area contributed by atoms with Gasteiger partial charge in [-0.2, -0.15) is 0 Å². The first-order valence-corrected chi connectivity index (χ1v) is 12.6. The minimum absolute atomic E-state index is 0.0328. The van der Waals surface area contributed by atoms with Crippen LogP contribution < -0.4 is 20.7 Å². The van der Waals surface area contributed by atoms with E-state index in [1.54, 1.807) is 31.5 Å². The summed E-state index contributed by atoms with van der Waals surface area (Å²) in [6.45, 7) is 0.373. The number of amides is 2. The van der Waals surface area contributed by atoms with Crippen LogP contribution in [0.2, 0.25) is 0 Å². The molecule has 1 fully saturated rings. The van der Waals surface area contributed by atoms with Crippen molar-refractivity contribution in [3.05, 3.63) is 47.9 Å². The van der Waals surface area contributed by atoms with Crippen molar-refractivity contribution in [2.45, 2.75) is 43.2 Å². The van der Waals surface area contributed by atoms with Gasteiger partial charge in [0.15, 0.2) is 0 Å². The highest BCUT2D eigenvalue weighted by Gasteiger charge is 2.27. The lowest BCUT2D eigenvalue weighted by Crippen LogP contribution is -2.36. The Labute approximate surface area is 206 Å². The van der Waals surface area contributed by atoms with Crippen LogP contribution in [-0.4, -0.2) is 40.7 Å². The van der Waals surface area contributed by atoms with E-state index in [2.05, 4.69) is 25.9 Å². The maximum absolute atomic E-state index is 14.5. The van der Waals surface area contributed by atoms with Gasteiger partial charge in [0.1, 0.15) is 11.3 Å². The van der Waals surface area contributed by atoms with Crippen LogP contribution in [0, 0.1) is 11.7 Å². The van der Waals surface area contributed by atoms with Crippen LogP contribution in [0.15, 0.2) is 41.4 Å². The Morgan fingerprint density at radius 2 is 2.06 bits per heavy atom. The summed E-state index contributed by atoms with van der Waals surface area (Å²) in [7, 11) is 1.55. The van der Waals surface area contributed by atoms with E-state index in [1.165, 1.54) is 17.8 Å². The van der Waals surface area contributed by atoms with Gasteiger partial charge in [0.05, 0.1) is 29.8 Å². The van der Waals surface area contributed by atoms with Crippen molar-refractivity contribution in [3.8, 4) is 5.88 Å². The Morgan fingerprint density at radius 1 is 1.23 bits per heavy atom. The summed E-state index contributed by atoms with van der Waals surface area (Å²) in [5.41, 5.74) is 3.09. The normalized spacial score (nSPS) is 19.7. The molecule has 0 spiro atoms. The Balaban J connectivity index is 1.16. The largest absolute Gasteiger partial charge is 0.481 e. The van der Waals surface area contributed by atoms with Gasteiger partial charge in [-0.15, -0.1) is 11.8 Å². The van der Waals surface area contributed by atoms with E-state index in [4.69, 9.17) is 4.74 Å². The topological polar surface area (TPSA) is 105 Å². The third-order valence-electron chi connectivity index (χ3n) is 6.49. The summed E-state index contributed by atoms with van der Waals surface area (Å²) in [6.07, 6.45) is 4.77. The Kier molecular flexibility index (Phi) is 6.83. The number of carbonyl (C=O) groups excluding carboxylic acids is 2. The lowest BCUT2D eigenvalue weighted by molar-refractivity contribution is -0.121. The van der Waals surface area contributed by atoms with Crippen molar-refractivity contribution < 1.29 is 18.7 Å². The summed E-state index contributed by atoms with van der Waals surface area (Å²) >= 11 is 1.35. The number of hydrogen-bond acceptors (Lipinski definition) is 7. The summed E-state index contributed by atoms with van der Waals surface area (Å²) in [5.74, 6) is 0.290. The molecule has 0 radical (unpaired) electrons. The molecule has 1 aliphatic carbocycles. The van der Waals surface area contributed by atoms with Crippen molar-refractivity contribution in [1.82, 2.24) is 15.3 Å². The molecule has 3 aromatic rings. The molecule has 8 nitrogen and oxygen atoms in total. The van der Waals surface area contributed by atoms with E-state index in [-0.39, 0.29) is 29.6 Å². The molecule has 3 N–H and O–H groups in total. The first-order valence-electron chi connectivity index (χ1n) is 11.6. The summed E-state index contributed by atoms with van der Waals surface area (Å²) in [6, 6.07) is 8.69. The number of rotatable bonds is 6. The van der Waals surface area contributed by atoms with Crippen molar-refractivity contribution in [1.29, 1.82) is 0 Å². The number of nitrogens with zero attached hydrogens (tertiary/aromatic N) is 2. The predicted octanol–water partition coefficient (Wildman–Crippen LogP) is 4.11. The SMILES string of the molecule is COc1ccc2nccc(NC(=O)[C@H]3CC[C@H](NCc4cc5c(cc4F)SCC(=O)N5)CC3)c2n1. The maximum atomic E-state index is 14.5. The highest BCUT2D eigenvalue weighted by Crippen LogP contribution is 2.34. The third kappa shape index (κ3) is 5.23. The Bertz CT molecular complexity index is 1280. The number of carbonyl (C=O) groups is 2. The Hall–Kier alpha value is -3.24. The van der Waals surface area contributed by atoms with Gasteiger partial charge < -0.3 is 20.7 Å². The van der Waals surface area contributed by atoms with E-state index >= 15 is 0 Å². The van der Waals surface area contributed by atoms with Gasteiger partial charge in [-0.1, -0.05) is 0 Å². The molecule has 10 heteroatoms. The van der Waals surface area contributed by atoms with Crippen molar-refractivity contribution in [2.24, 2.45) is 5.92 Å². The molecule has 35 heavy (non-hydrogen) atoms. The number of ether oxygens (including phenoxy) is 1. The standard InChI is InChI=1S/C25H26FN5O3S/c1-34-23-7-6-18-24(31-23)19(8-9-27-18)30-25(33)14-2-4-16(5-3-14)28-12-15-10-20-21(11-17(15)26)35-13-22(32)29-20/h6-11,14,16,28H,2-5,12-13H2,1H3,(H,29,32)(H,27,30,33)/t14-,16-. The van der Waals surface area contributed by atoms with Crippen molar-refractivity contribution in [3.63, 3.8) is 0 Å². The number of nitrogens with one attached hydrogen (secondary N) is 3. The van der Waals surface area contributed by atoms with Crippen molar-refractivity contribution >= 4 is 46.0 Å². The van der Waals surface area contributed by atoms with E-state index < -0.39 is 0 Å². The zero-order chi connectivity index (χ0) is 24.4. The van der Waals surface area contributed by atoms with E-state index in [0.717, 1.165) is 30.6 Å². The molecule has 1 aromatic carbocycles. The maximum Gasteiger partial charge on any atom is 0.234 e. The smallest absolute Gasteiger partial charge is 0.234 e. The van der Waals surface area contributed by atoms with Crippen LogP contribution in [0.25, 0.3) is 11.0 Å². The van der Waals surface area contributed by atoms with Crippen LogP contribution >= 0.6 is 11.8 Å². The average molecular weight is 496 g/mol. The molecule has 2 aliphatic rings. The molecule has 182 valence electrons. The number of anilines is 2.